The highest BCUT2D eigenvalue weighted by molar-refractivity contribution is 5.51. The molecular formula is C15H23N. The first-order valence-corrected chi connectivity index (χ1v) is 6.16. The van der Waals surface area contributed by atoms with Gasteiger partial charge in [-0.2, -0.15) is 0 Å². The van der Waals surface area contributed by atoms with E-state index in [1.54, 1.807) is 0 Å². The third-order valence-corrected chi connectivity index (χ3v) is 2.87. The lowest BCUT2D eigenvalue weighted by molar-refractivity contribution is 0.330. The maximum atomic E-state index is 3.85. The van der Waals surface area contributed by atoms with E-state index >= 15 is 0 Å². The molecule has 0 aliphatic rings. The minimum absolute atomic E-state index is 1.15. The number of aryl methyl sites for hydroxylation is 1. The summed E-state index contributed by atoms with van der Waals surface area (Å²) >= 11 is 0. The number of hydrogen-bond donors (Lipinski definition) is 0. The molecule has 1 rings (SSSR count). The molecule has 88 valence electrons. The molecule has 0 bridgehead atoms. The van der Waals surface area contributed by atoms with Crippen molar-refractivity contribution in [1.82, 2.24) is 4.90 Å². The largest absolute Gasteiger partial charge is 0.306 e. The van der Waals surface area contributed by atoms with E-state index in [2.05, 4.69) is 49.7 Å². The minimum Gasteiger partial charge on any atom is -0.306 e. The Balaban J connectivity index is 2.39. The van der Waals surface area contributed by atoms with E-state index in [0.717, 1.165) is 6.42 Å². The monoisotopic (exact) mass is 217 g/mol. The minimum atomic E-state index is 1.15. The summed E-state index contributed by atoms with van der Waals surface area (Å²) in [6.45, 7) is 8.46. The zero-order valence-corrected chi connectivity index (χ0v) is 10.6. The van der Waals surface area contributed by atoms with Gasteiger partial charge in [0.05, 0.1) is 0 Å². The summed E-state index contributed by atoms with van der Waals surface area (Å²) in [5.41, 5.74) is 2.70. The molecule has 1 heteroatoms. The van der Waals surface area contributed by atoms with Crippen molar-refractivity contribution in [2.45, 2.75) is 26.2 Å². The maximum absolute atomic E-state index is 3.85. The fourth-order valence-corrected chi connectivity index (χ4v) is 1.99. The number of rotatable bonds is 7. The Labute approximate surface area is 99.8 Å². The lowest BCUT2D eigenvalue weighted by Gasteiger charge is -2.15. The standard InChI is InChI=1S/C15H23N/c1-4-12-16(3)13-8-11-15-10-7-6-9-14(15)5-2/h5-7,9-10H,2,4,8,11-13H2,1,3H3. The van der Waals surface area contributed by atoms with E-state index in [-0.39, 0.29) is 0 Å². The summed E-state index contributed by atoms with van der Waals surface area (Å²) in [7, 11) is 2.20. The van der Waals surface area contributed by atoms with Crippen LogP contribution in [0.3, 0.4) is 0 Å². The molecule has 0 fully saturated rings. The lowest BCUT2D eigenvalue weighted by atomic mass is 10.0. The zero-order valence-electron chi connectivity index (χ0n) is 10.6. The van der Waals surface area contributed by atoms with Gasteiger partial charge >= 0.3 is 0 Å². The molecule has 1 nitrogen and oxygen atoms in total. The summed E-state index contributed by atoms with van der Waals surface area (Å²) in [5.74, 6) is 0. The quantitative estimate of drug-likeness (QED) is 0.674. The van der Waals surface area contributed by atoms with Crippen LogP contribution in [0.4, 0.5) is 0 Å². The summed E-state index contributed by atoms with van der Waals surface area (Å²) in [6, 6.07) is 8.52. The molecule has 16 heavy (non-hydrogen) atoms. The Kier molecular flexibility index (Phi) is 5.87. The fraction of sp³-hybridized carbons (Fsp3) is 0.467. The predicted octanol–water partition coefficient (Wildman–Crippen LogP) is 3.60. The molecule has 0 heterocycles. The van der Waals surface area contributed by atoms with Crippen molar-refractivity contribution in [3.8, 4) is 0 Å². The van der Waals surface area contributed by atoms with Crippen molar-refractivity contribution in [3.05, 3.63) is 42.0 Å². The maximum Gasteiger partial charge on any atom is -0.00186 e. The van der Waals surface area contributed by atoms with Gasteiger partial charge in [-0.15, -0.1) is 0 Å². The van der Waals surface area contributed by atoms with Crippen LogP contribution in [0.15, 0.2) is 30.8 Å². The number of nitrogens with zero attached hydrogens (tertiary/aromatic N) is 1. The molecular weight excluding hydrogens is 194 g/mol. The third-order valence-electron chi connectivity index (χ3n) is 2.87. The van der Waals surface area contributed by atoms with Crippen LogP contribution >= 0.6 is 0 Å². The summed E-state index contributed by atoms with van der Waals surface area (Å²) < 4.78 is 0. The molecule has 0 atom stereocenters. The highest BCUT2D eigenvalue weighted by Gasteiger charge is 2.00. The molecule has 0 unspecified atom stereocenters. The van der Waals surface area contributed by atoms with E-state index in [9.17, 15) is 0 Å². The van der Waals surface area contributed by atoms with Crippen LogP contribution in [-0.2, 0) is 6.42 Å². The van der Waals surface area contributed by atoms with Gasteiger partial charge < -0.3 is 4.90 Å². The predicted molar refractivity (Wildman–Crippen MR) is 72.6 cm³/mol. The zero-order chi connectivity index (χ0) is 11.8. The van der Waals surface area contributed by atoms with Gasteiger partial charge in [0.1, 0.15) is 0 Å². The number of benzene rings is 1. The summed E-state index contributed by atoms with van der Waals surface area (Å²) in [4.78, 5) is 2.40. The van der Waals surface area contributed by atoms with Crippen LogP contribution in [0.2, 0.25) is 0 Å². The first-order valence-electron chi connectivity index (χ1n) is 6.16. The summed E-state index contributed by atoms with van der Waals surface area (Å²) in [5, 5.41) is 0. The second kappa shape index (κ2) is 7.24. The number of hydrogen-bond acceptors (Lipinski definition) is 1. The molecule has 1 aromatic rings. The second-order valence-electron chi connectivity index (χ2n) is 4.31. The normalized spacial score (nSPS) is 10.7. The van der Waals surface area contributed by atoms with Crippen molar-refractivity contribution in [3.63, 3.8) is 0 Å². The van der Waals surface area contributed by atoms with Crippen LogP contribution in [0.1, 0.15) is 30.9 Å². The van der Waals surface area contributed by atoms with Gasteiger partial charge in [-0.1, -0.05) is 43.8 Å². The van der Waals surface area contributed by atoms with Crippen LogP contribution < -0.4 is 0 Å². The summed E-state index contributed by atoms with van der Waals surface area (Å²) in [6.07, 6.45) is 5.56. The van der Waals surface area contributed by atoms with Crippen LogP contribution in [0.25, 0.3) is 6.08 Å². The van der Waals surface area contributed by atoms with Gasteiger partial charge in [-0.3, -0.25) is 0 Å². The van der Waals surface area contributed by atoms with E-state index in [0.29, 0.717) is 0 Å². The van der Waals surface area contributed by atoms with Crippen molar-refractivity contribution < 1.29 is 0 Å². The Hall–Kier alpha value is -1.08. The Morgan fingerprint density at radius 3 is 2.69 bits per heavy atom. The second-order valence-corrected chi connectivity index (χ2v) is 4.31. The Morgan fingerprint density at radius 2 is 2.00 bits per heavy atom. The molecule has 0 aliphatic heterocycles. The van der Waals surface area contributed by atoms with Gasteiger partial charge in [0, 0.05) is 0 Å². The molecule has 1 aromatic carbocycles. The van der Waals surface area contributed by atoms with Gasteiger partial charge in [-0.25, -0.2) is 0 Å². The molecule has 0 saturated heterocycles. The first-order chi connectivity index (χ1) is 7.77. The van der Waals surface area contributed by atoms with Crippen LogP contribution in [0, 0.1) is 0 Å². The molecule has 0 aliphatic carbocycles. The third kappa shape index (κ3) is 4.19. The van der Waals surface area contributed by atoms with Gasteiger partial charge in [0.15, 0.2) is 0 Å². The first kappa shape index (κ1) is 13.0. The average Bonchev–Trinajstić information content (AvgIpc) is 2.30. The van der Waals surface area contributed by atoms with Crippen molar-refractivity contribution in [2.75, 3.05) is 20.1 Å². The van der Waals surface area contributed by atoms with E-state index in [1.165, 1.54) is 37.1 Å². The van der Waals surface area contributed by atoms with Gasteiger partial charge in [-0.05, 0) is 50.5 Å². The molecule has 0 spiro atoms. The lowest BCUT2D eigenvalue weighted by Crippen LogP contribution is -2.20. The van der Waals surface area contributed by atoms with Gasteiger partial charge in [0.2, 0.25) is 0 Å². The molecule has 0 radical (unpaired) electrons. The molecule has 0 aromatic heterocycles. The fourth-order valence-electron chi connectivity index (χ4n) is 1.99. The SMILES string of the molecule is C=Cc1ccccc1CCCN(C)CCC. The van der Waals surface area contributed by atoms with E-state index < -0.39 is 0 Å². The van der Waals surface area contributed by atoms with Crippen molar-refractivity contribution in [2.24, 2.45) is 0 Å². The Bertz CT molecular complexity index is 317. The topological polar surface area (TPSA) is 3.24 Å². The van der Waals surface area contributed by atoms with Crippen molar-refractivity contribution >= 4 is 6.08 Å². The van der Waals surface area contributed by atoms with E-state index in [1.807, 2.05) is 6.08 Å². The smallest absolute Gasteiger partial charge is 0.00186 e. The molecule has 0 N–H and O–H groups in total. The van der Waals surface area contributed by atoms with Crippen LogP contribution in [0.5, 0.6) is 0 Å². The van der Waals surface area contributed by atoms with Crippen molar-refractivity contribution in [1.29, 1.82) is 0 Å². The highest BCUT2D eigenvalue weighted by atomic mass is 15.1. The van der Waals surface area contributed by atoms with E-state index in [4.69, 9.17) is 0 Å². The van der Waals surface area contributed by atoms with Crippen LogP contribution in [-0.4, -0.2) is 25.0 Å². The highest BCUT2D eigenvalue weighted by Crippen LogP contribution is 2.12. The Morgan fingerprint density at radius 1 is 1.25 bits per heavy atom. The molecule has 0 amide bonds. The molecule has 0 saturated carbocycles. The average molecular weight is 217 g/mol. The van der Waals surface area contributed by atoms with Gasteiger partial charge in [0.25, 0.3) is 0 Å².